The Balaban J connectivity index is 1.32. The quantitative estimate of drug-likeness (QED) is 0.0678. The Morgan fingerprint density at radius 2 is 1.81 bits per heavy atom. The van der Waals surface area contributed by atoms with Crippen molar-refractivity contribution >= 4 is 40.8 Å². The summed E-state index contributed by atoms with van der Waals surface area (Å²) in [6.07, 6.45) is 0.469. The summed E-state index contributed by atoms with van der Waals surface area (Å²) in [6, 6.07) is 19.4. The van der Waals surface area contributed by atoms with Gasteiger partial charge in [0.2, 0.25) is 0 Å². The lowest BCUT2D eigenvalue weighted by Crippen LogP contribution is -2.45. The Morgan fingerprint density at radius 1 is 1.07 bits per heavy atom. The lowest BCUT2D eigenvalue weighted by Gasteiger charge is -2.28. The van der Waals surface area contributed by atoms with E-state index in [0.29, 0.717) is 36.0 Å². The molecule has 0 aliphatic carbocycles. The number of hydrazone groups is 1. The number of rotatable bonds is 13. The number of carbonyl (C=O) groups excluding carboxylic acids is 2. The molecule has 0 unspecified atom stereocenters. The molecule has 43 heavy (non-hydrogen) atoms. The second-order valence-electron chi connectivity index (χ2n) is 9.40. The molecule has 4 N–H and O–H groups in total. The van der Waals surface area contributed by atoms with Gasteiger partial charge in [0, 0.05) is 9.27 Å². The van der Waals surface area contributed by atoms with Crippen molar-refractivity contribution in [2.24, 2.45) is 5.10 Å². The Labute approximate surface area is 263 Å². The third-order valence-electron chi connectivity index (χ3n) is 6.31. The second kappa shape index (κ2) is 15.3. The number of hydrogen-bond acceptors (Lipinski definition) is 9. The number of esters is 1. The van der Waals surface area contributed by atoms with Crippen LogP contribution >= 0.6 is 22.6 Å². The largest absolute Gasteiger partial charge is 0.490 e. The Hall–Kier alpha value is -4.30. The van der Waals surface area contributed by atoms with Gasteiger partial charge >= 0.3 is 12.0 Å². The van der Waals surface area contributed by atoms with Crippen molar-refractivity contribution < 1.29 is 33.6 Å². The van der Waals surface area contributed by atoms with Crippen LogP contribution in [-0.4, -0.2) is 49.9 Å². The molecule has 2 amide bonds. The highest BCUT2D eigenvalue weighted by Gasteiger charge is 2.32. The van der Waals surface area contributed by atoms with E-state index in [1.807, 2.05) is 55.5 Å². The van der Waals surface area contributed by atoms with Crippen molar-refractivity contribution in [3.8, 4) is 17.2 Å². The van der Waals surface area contributed by atoms with E-state index in [9.17, 15) is 14.7 Å². The number of allylic oxidation sites excluding steroid dienone is 1. The van der Waals surface area contributed by atoms with E-state index in [1.165, 1.54) is 10.7 Å². The van der Waals surface area contributed by atoms with Gasteiger partial charge in [0.15, 0.2) is 17.7 Å². The number of nitrogens with one attached hydrogen (secondary N) is 3. The van der Waals surface area contributed by atoms with Crippen LogP contribution in [0, 0.1) is 3.57 Å². The molecule has 1 heterocycles. The number of urea groups is 1. The molecular formula is C31H33IN4O7. The maximum absolute atomic E-state index is 12.4. The van der Waals surface area contributed by atoms with Gasteiger partial charge < -0.3 is 34.7 Å². The van der Waals surface area contributed by atoms with E-state index < -0.39 is 24.3 Å². The van der Waals surface area contributed by atoms with Gasteiger partial charge in [0.1, 0.15) is 19.0 Å². The minimum absolute atomic E-state index is 0.126. The fourth-order valence-electron chi connectivity index (χ4n) is 4.22. The summed E-state index contributed by atoms with van der Waals surface area (Å²) in [7, 11) is 1.28. The number of halogens is 1. The maximum Gasteiger partial charge on any atom is 0.337 e. The van der Waals surface area contributed by atoms with Gasteiger partial charge in [-0.1, -0.05) is 18.2 Å². The normalized spacial score (nSPS) is 15.4. The van der Waals surface area contributed by atoms with Gasteiger partial charge in [0.25, 0.3) is 0 Å². The minimum Gasteiger partial charge on any atom is -0.490 e. The lowest BCUT2D eigenvalue weighted by molar-refractivity contribution is -0.136. The van der Waals surface area contributed by atoms with Crippen LogP contribution in [0.5, 0.6) is 17.2 Å². The molecule has 3 aromatic rings. The first-order valence-corrected chi connectivity index (χ1v) is 14.5. The fourth-order valence-corrected chi connectivity index (χ4v) is 4.58. The average molecular weight is 701 g/mol. The predicted molar refractivity (Wildman–Crippen MR) is 169 cm³/mol. The van der Waals surface area contributed by atoms with Crippen LogP contribution in [0.15, 0.2) is 83.1 Å². The standard InChI is InChI=1S/C31H33IN4O7/c1-4-41-26-15-22(29-28(30(38)40-3)19(2)34-31(39)35-29)9-14-25(26)43-18-27(37)36-33-16-20-7-12-24(13-8-20)42-17-21-5-10-23(32)11-6-21/h5-16,27,29,36-37H,4,17-18H2,1-3H3,(H2,34,35,39)/b33-16-/t27-,29+/m0/s1. The maximum atomic E-state index is 12.4. The lowest BCUT2D eigenvalue weighted by atomic mass is 9.95. The van der Waals surface area contributed by atoms with Crippen LogP contribution in [0.2, 0.25) is 0 Å². The summed E-state index contributed by atoms with van der Waals surface area (Å²) in [5.41, 5.74) is 5.81. The van der Waals surface area contributed by atoms with Gasteiger partial charge in [0.05, 0.1) is 31.5 Å². The Bertz CT molecular complexity index is 1480. The number of hydrogen-bond donors (Lipinski definition) is 4. The first-order valence-electron chi connectivity index (χ1n) is 13.5. The number of ether oxygens (including phenoxy) is 4. The summed E-state index contributed by atoms with van der Waals surface area (Å²) in [5, 5.41) is 19.8. The SMILES string of the molecule is CCOc1cc([C@H]2NC(=O)NC(C)=C2C(=O)OC)ccc1OC[C@H](O)N/N=C\c1ccc(OCc2ccc(I)cc2)cc1. The zero-order valence-electron chi connectivity index (χ0n) is 23.9. The van der Waals surface area contributed by atoms with E-state index in [1.54, 1.807) is 31.3 Å². The third-order valence-corrected chi connectivity index (χ3v) is 7.03. The number of methoxy groups -OCH3 is 1. The van der Waals surface area contributed by atoms with Crippen LogP contribution in [-0.2, 0) is 16.1 Å². The molecule has 0 fully saturated rings. The highest BCUT2D eigenvalue weighted by Crippen LogP contribution is 2.35. The van der Waals surface area contributed by atoms with Crippen LogP contribution in [0.1, 0.15) is 36.6 Å². The summed E-state index contributed by atoms with van der Waals surface area (Å²) in [5.74, 6) is 0.931. The number of benzene rings is 3. The van der Waals surface area contributed by atoms with Gasteiger partial charge in [-0.15, -0.1) is 0 Å². The molecule has 3 aromatic carbocycles. The van der Waals surface area contributed by atoms with Crippen LogP contribution in [0.3, 0.4) is 0 Å². The zero-order chi connectivity index (χ0) is 30.8. The third kappa shape index (κ3) is 8.85. The number of aliphatic hydroxyl groups excluding tert-OH is 1. The van der Waals surface area contributed by atoms with E-state index in [2.05, 4.69) is 43.8 Å². The van der Waals surface area contributed by atoms with Crippen molar-refractivity contribution in [3.05, 3.63) is 98.3 Å². The number of carbonyl (C=O) groups is 2. The van der Waals surface area contributed by atoms with E-state index >= 15 is 0 Å². The van der Waals surface area contributed by atoms with Gasteiger partial charge in [-0.05, 0) is 102 Å². The molecular weight excluding hydrogens is 667 g/mol. The average Bonchev–Trinajstić information content (AvgIpc) is 3.00. The van der Waals surface area contributed by atoms with Gasteiger partial charge in [-0.3, -0.25) is 5.43 Å². The summed E-state index contributed by atoms with van der Waals surface area (Å²) < 4.78 is 23.4. The molecule has 4 rings (SSSR count). The van der Waals surface area contributed by atoms with Gasteiger partial charge in [-0.25, -0.2) is 9.59 Å². The zero-order valence-corrected chi connectivity index (χ0v) is 26.1. The summed E-state index contributed by atoms with van der Waals surface area (Å²) >= 11 is 2.27. The van der Waals surface area contributed by atoms with E-state index in [0.717, 1.165) is 16.9 Å². The van der Waals surface area contributed by atoms with E-state index in [4.69, 9.17) is 18.9 Å². The summed E-state index contributed by atoms with van der Waals surface area (Å²) in [4.78, 5) is 24.5. The first kappa shape index (κ1) is 31.6. The van der Waals surface area contributed by atoms with Crippen LogP contribution in [0.25, 0.3) is 0 Å². The van der Waals surface area contributed by atoms with Crippen molar-refractivity contribution in [3.63, 3.8) is 0 Å². The molecule has 2 atom stereocenters. The topological polar surface area (TPSA) is 140 Å². The molecule has 0 bridgehead atoms. The minimum atomic E-state index is -1.11. The molecule has 0 spiro atoms. The molecule has 1 aliphatic heterocycles. The summed E-state index contributed by atoms with van der Waals surface area (Å²) in [6.45, 7) is 4.15. The highest BCUT2D eigenvalue weighted by molar-refractivity contribution is 14.1. The molecule has 0 radical (unpaired) electrons. The predicted octanol–water partition coefficient (Wildman–Crippen LogP) is 4.39. The van der Waals surface area contributed by atoms with Crippen LogP contribution < -0.4 is 30.3 Å². The fraction of sp³-hybridized carbons (Fsp3) is 0.258. The number of amides is 2. The molecule has 1 aliphatic rings. The van der Waals surface area contributed by atoms with E-state index in [-0.39, 0.29) is 12.2 Å². The van der Waals surface area contributed by atoms with Gasteiger partial charge in [-0.2, -0.15) is 5.10 Å². The molecule has 0 aromatic heterocycles. The molecule has 0 saturated carbocycles. The molecule has 12 heteroatoms. The number of nitrogens with zero attached hydrogens (tertiary/aromatic N) is 1. The Kier molecular flexibility index (Phi) is 11.2. The molecule has 226 valence electrons. The second-order valence-corrected chi connectivity index (χ2v) is 10.6. The van der Waals surface area contributed by atoms with Crippen molar-refractivity contribution in [2.45, 2.75) is 32.7 Å². The van der Waals surface area contributed by atoms with Crippen molar-refractivity contribution in [2.75, 3.05) is 20.3 Å². The Morgan fingerprint density at radius 3 is 2.51 bits per heavy atom. The monoisotopic (exact) mass is 700 g/mol. The first-order chi connectivity index (χ1) is 20.8. The van der Waals surface area contributed by atoms with Crippen LogP contribution in [0.4, 0.5) is 4.79 Å². The number of aliphatic hydroxyl groups is 1. The van der Waals surface area contributed by atoms with Crippen molar-refractivity contribution in [1.29, 1.82) is 0 Å². The molecule has 11 nitrogen and oxygen atoms in total. The molecule has 0 saturated heterocycles. The highest BCUT2D eigenvalue weighted by atomic mass is 127. The van der Waals surface area contributed by atoms with Crippen molar-refractivity contribution in [1.82, 2.24) is 16.1 Å². The smallest absolute Gasteiger partial charge is 0.337 e.